The number of sulfonamides is 1. The van der Waals surface area contributed by atoms with Crippen molar-refractivity contribution < 1.29 is 22.7 Å². The number of hydrogen-bond acceptors (Lipinski definition) is 7. The van der Waals surface area contributed by atoms with Crippen molar-refractivity contribution in [2.24, 2.45) is 0 Å². The van der Waals surface area contributed by atoms with Gasteiger partial charge in [-0.3, -0.25) is 9.69 Å². The van der Waals surface area contributed by atoms with E-state index in [2.05, 4.69) is 25.6 Å². The third-order valence-corrected chi connectivity index (χ3v) is 9.53. The number of benzene rings is 2. The first-order valence-electron chi connectivity index (χ1n) is 11.1. The standard InChI is InChI=1S/C24H24BrN3O5S2/c25-21-8-9-22(34-21)35(30,31)26-23(18-4-2-1-3-5-18)24(29)28-12-10-27(11-13-28)15-17-6-7-19-20(14-17)33-16-32-19/h1-9,14,23,26H,10-13,15-16H2. The molecule has 35 heavy (non-hydrogen) atoms. The highest BCUT2D eigenvalue weighted by Gasteiger charge is 2.33. The van der Waals surface area contributed by atoms with Gasteiger partial charge in [0.15, 0.2) is 11.5 Å². The van der Waals surface area contributed by atoms with Gasteiger partial charge in [0.05, 0.1) is 3.79 Å². The summed E-state index contributed by atoms with van der Waals surface area (Å²) in [4.78, 5) is 17.6. The summed E-state index contributed by atoms with van der Waals surface area (Å²) in [5.41, 5.74) is 1.73. The van der Waals surface area contributed by atoms with Crippen LogP contribution in [0, 0.1) is 0 Å². The number of halogens is 1. The molecule has 1 atom stereocenters. The molecule has 3 aromatic rings. The lowest BCUT2D eigenvalue weighted by Gasteiger charge is -2.36. The Kier molecular flexibility index (Phi) is 7.12. The molecule has 2 aliphatic heterocycles. The third kappa shape index (κ3) is 5.54. The summed E-state index contributed by atoms with van der Waals surface area (Å²) >= 11 is 4.41. The van der Waals surface area contributed by atoms with Gasteiger partial charge in [-0.15, -0.1) is 11.3 Å². The average Bonchev–Trinajstić information content (AvgIpc) is 3.52. The van der Waals surface area contributed by atoms with Gasteiger partial charge in [-0.2, -0.15) is 4.72 Å². The van der Waals surface area contributed by atoms with E-state index in [1.54, 1.807) is 35.2 Å². The predicted molar refractivity (Wildman–Crippen MR) is 136 cm³/mol. The number of ether oxygens (including phenoxy) is 2. The molecule has 1 amide bonds. The van der Waals surface area contributed by atoms with Gasteiger partial charge in [0.2, 0.25) is 12.7 Å². The van der Waals surface area contributed by atoms with E-state index in [9.17, 15) is 13.2 Å². The van der Waals surface area contributed by atoms with Crippen LogP contribution in [-0.4, -0.2) is 57.1 Å². The van der Waals surface area contributed by atoms with Crippen LogP contribution in [0.4, 0.5) is 0 Å². The maximum atomic E-state index is 13.6. The molecule has 1 fully saturated rings. The lowest BCUT2D eigenvalue weighted by Crippen LogP contribution is -2.51. The maximum Gasteiger partial charge on any atom is 0.251 e. The van der Waals surface area contributed by atoms with E-state index in [1.165, 1.54) is 6.07 Å². The molecule has 3 heterocycles. The first-order valence-corrected chi connectivity index (χ1v) is 14.2. The number of piperazine rings is 1. The van der Waals surface area contributed by atoms with Gasteiger partial charge < -0.3 is 14.4 Å². The number of nitrogens with zero attached hydrogens (tertiary/aromatic N) is 2. The molecule has 0 saturated carbocycles. The second-order valence-corrected chi connectivity index (χ2v) is 12.7. The Labute approximate surface area is 216 Å². The van der Waals surface area contributed by atoms with E-state index >= 15 is 0 Å². The summed E-state index contributed by atoms with van der Waals surface area (Å²) in [6.45, 7) is 3.38. The Morgan fingerprint density at radius 3 is 2.46 bits per heavy atom. The van der Waals surface area contributed by atoms with Crippen LogP contribution >= 0.6 is 27.3 Å². The van der Waals surface area contributed by atoms with Crippen molar-refractivity contribution in [3.8, 4) is 11.5 Å². The number of nitrogens with one attached hydrogen (secondary N) is 1. The normalized spacial score (nSPS) is 16.9. The fourth-order valence-electron chi connectivity index (χ4n) is 4.17. The zero-order valence-corrected chi connectivity index (χ0v) is 21.9. The minimum absolute atomic E-state index is 0.159. The quantitative estimate of drug-likeness (QED) is 0.461. The first kappa shape index (κ1) is 24.3. The van der Waals surface area contributed by atoms with E-state index in [-0.39, 0.29) is 16.9 Å². The predicted octanol–water partition coefficient (Wildman–Crippen LogP) is 3.60. The zero-order valence-electron chi connectivity index (χ0n) is 18.7. The van der Waals surface area contributed by atoms with Crippen molar-refractivity contribution in [2.45, 2.75) is 16.8 Å². The molecule has 184 valence electrons. The molecule has 8 nitrogen and oxygen atoms in total. The van der Waals surface area contributed by atoms with Crippen LogP contribution in [0.5, 0.6) is 11.5 Å². The van der Waals surface area contributed by atoms with Crippen LogP contribution in [-0.2, 0) is 21.4 Å². The van der Waals surface area contributed by atoms with Crippen LogP contribution in [0.2, 0.25) is 0 Å². The van der Waals surface area contributed by atoms with Crippen LogP contribution < -0.4 is 14.2 Å². The third-order valence-electron chi connectivity index (χ3n) is 5.99. The van der Waals surface area contributed by atoms with E-state index in [4.69, 9.17) is 9.47 Å². The number of amides is 1. The lowest BCUT2D eigenvalue weighted by molar-refractivity contribution is -0.135. The molecule has 1 aromatic heterocycles. The highest BCUT2D eigenvalue weighted by molar-refractivity contribution is 9.11. The summed E-state index contributed by atoms with van der Waals surface area (Å²) < 4.78 is 40.4. The van der Waals surface area contributed by atoms with Gasteiger partial charge in [0.25, 0.3) is 10.0 Å². The number of thiophene rings is 1. The lowest BCUT2D eigenvalue weighted by atomic mass is 10.1. The average molecular weight is 579 g/mol. The van der Waals surface area contributed by atoms with Crippen LogP contribution in [0.25, 0.3) is 0 Å². The zero-order chi connectivity index (χ0) is 24.4. The SMILES string of the molecule is O=C(C(NS(=O)(=O)c1ccc(Br)s1)c1ccccc1)N1CCN(Cc2ccc3c(c2)OCO3)CC1. The van der Waals surface area contributed by atoms with Gasteiger partial charge in [0.1, 0.15) is 10.3 Å². The van der Waals surface area contributed by atoms with Crippen molar-refractivity contribution in [3.63, 3.8) is 0 Å². The summed E-state index contributed by atoms with van der Waals surface area (Å²) in [5, 5.41) is 0. The molecule has 0 aliphatic carbocycles. The highest BCUT2D eigenvalue weighted by Crippen LogP contribution is 2.33. The first-order chi connectivity index (χ1) is 16.9. The van der Waals surface area contributed by atoms with Gasteiger partial charge in [-0.25, -0.2) is 8.42 Å². The molecule has 11 heteroatoms. The largest absolute Gasteiger partial charge is 0.454 e. The van der Waals surface area contributed by atoms with E-state index in [1.807, 2.05) is 24.3 Å². The maximum absolute atomic E-state index is 13.6. The fraction of sp³-hybridized carbons (Fsp3) is 0.292. The topological polar surface area (TPSA) is 88.2 Å². The monoisotopic (exact) mass is 577 g/mol. The molecule has 2 aromatic carbocycles. The minimum Gasteiger partial charge on any atom is -0.454 e. The Bertz CT molecular complexity index is 1310. The summed E-state index contributed by atoms with van der Waals surface area (Å²) in [6.07, 6.45) is 0. The number of carbonyl (C=O) groups is 1. The minimum atomic E-state index is -3.87. The van der Waals surface area contributed by atoms with Gasteiger partial charge in [-0.05, 0) is 51.3 Å². The highest BCUT2D eigenvalue weighted by atomic mass is 79.9. The summed E-state index contributed by atoms with van der Waals surface area (Å²) in [7, 11) is -3.87. The van der Waals surface area contributed by atoms with Gasteiger partial charge in [-0.1, -0.05) is 36.4 Å². The fourth-order valence-corrected chi connectivity index (χ4v) is 7.37. The molecular weight excluding hydrogens is 554 g/mol. The number of hydrogen-bond donors (Lipinski definition) is 1. The van der Waals surface area contributed by atoms with E-state index in [0.717, 1.165) is 34.9 Å². The molecule has 0 radical (unpaired) electrons. The van der Waals surface area contributed by atoms with Crippen molar-refractivity contribution in [1.82, 2.24) is 14.5 Å². The summed E-state index contributed by atoms with van der Waals surface area (Å²) in [5.74, 6) is 1.26. The van der Waals surface area contributed by atoms with Crippen LogP contribution in [0.3, 0.4) is 0 Å². The van der Waals surface area contributed by atoms with Crippen molar-refractivity contribution >= 4 is 43.2 Å². The smallest absolute Gasteiger partial charge is 0.251 e. The number of rotatable bonds is 7. The molecule has 1 N–H and O–H groups in total. The summed E-state index contributed by atoms with van der Waals surface area (Å²) in [6, 6.07) is 17.1. The Morgan fingerprint density at radius 2 is 1.74 bits per heavy atom. The Balaban J connectivity index is 1.27. The Hall–Kier alpha value is -2.44. The second kappa shape index (κ2) is 10.3. The van der Waals surface area contributed by atoms with Crippen molar-refractivity contribution in [2.75, 3.05) is 33.0 Å². The van der Waals surface area contributed by atoms with E-state index in [0.29, 0.717) is 35.5 Å². The molecule has 1 saturated heterocycles. The van der Waals surface area contributed by atoms with Crippen molar-refractivity contribution in [3.05, 3.63) is 75.6 Å². The molecule has 5 rings (SSSR count). The molecule has 0 bridgehead atoms. The van der Waals surface area contributed by atoms with Crippen LogP contribution in [0.1, 0.15) is 17.2 Å². The van der Waals surface area contributed by atoms with Gasteiger partial charge >= 0.3 is 0 Å². The molecule has 0 spiro atoms. The van der Waals surface area contributed by atoms with Crippen LogP contribution in [0.15, 0.2) is 68.7 Å². The van der Waals surface area contributed by atoms with E-state index < -0.39 is 16.1 Å². The molecule has 1 unspecified atom stereocenters. The second-order valence-electron chi connectivity index (χ2n) is 8.31. The molecular formula is C24H24BrN3O5S2. The van der Waals surface area contributed by atoms with Gasteiger partial charge in [0, 0.05) is 32.7 Å². The molecule has 2 aliphatic rings. The number of carbonyl (C=O) groups excluding carboxylic acids is 1. The number of fused-ring (bicyclic) bond motifs is 1. The Morgan fingerprint density at radius 1 is 1.00 bits per heavy atom. The van der Waals surface area contributed by atoms with Crippen molar-refractivity contribution in [1.29, 1.82) is 0 Å².